The first-order chi connectivity index (χ1) is 8.14. The molecule has 0 atom stereocenters. The first kappa shape index (κ1) is 14.6. The van der Waals surface area contributed by atoms with Crippen LogP contribution in [0.2, 0.25) is 5.15 Å². The van der Waals surface area contributed by atoms with Gasteiger partial charge >= 0.3 is 12.1 Å². The van der Waals surface area contributed by atoms with E-state index < -0.39 is 46.8 Å². The van der Waals surface area contributed by atoms with Crippen molar-refractivity contribution in [2.24, 2.45) is 0 Å². The van der Waals surface area contributed by atoms with E-state index in [4.69, 9.17) is 16.7 Å². The first-order valence-electron chi connectivity index (χ1n) is 4.39. The Hall–Kier alpha value is -1.44. The molecule has 1 heterocycles. The average Bonchev–Trinajstić information content (AvgIpc) is 2.13. The van der Waals surface area contributed by atoms with Gasteiger partial charge in [0, 0.05) is 6.20 Å². The first-order valence-corrected chi connectivity index (χ1v) is 4.76. The summed E-state index contributed by atoms with van der Waals surface area (Å²) in [6.45, 7) is 0. The third-order valence-electron chi connectivity index (χ3n) is 2.03. The molecule has 1 rings (SSSR count). The van der Waals surface area contributed by atoms with Crippen LogP contribution in [0.4, 0.5) is 22.0 Å². The van der Waals surface area contributed by atoms with Gasteiger partial charge in [-0.3, -0.25) is 4.79 Å². The van der Waals surface area contributed by atoms with Crippen molar-refractivity contribution in [2.45, 2.75) is 19.0 Å². The minimum atomic E-state index is -4.98. The van der Waals surface area contributed by atoms with Crippen molar-refractivity contribution in [3.63, 3.8) is 0 Å². The Balaban J connectivity index is 3.54. The molecule has 9 heteroatoms. The lowest BCUT2D eigenvalue weighted by molar-refractivity contribution is -0.140. The Kier molecular flexibility index (Phi) is 4.10. The van der Waals surface area contributed by atoms with Crippen LogP contribution in [0.5, 0.6) is 0 Å². The van der Waals surface area contributed by atoms with E-state index >= 15 is 0 Å². The summed E-state index contributed by atoms with van der Waals surface area (Å²) < 4.78 is 62.9. The molecular weight excluding hydrogens is 285 g/mol. The topological polar surface area (TPSA) is 50.2 Å². The summed E-state index contributed by atoms with van der Waals surface area (Å²) in [5.41, 5.74) is -3.79. The van der Waals surface area contributed by atoms with Crippen LogP contribution in [0.3, 0.4) is 0 Å². The van der Waals surface area contributed by atoms with Crippen LogP contribution < -0.4 is 0 Å². The third kappa shape index (κ3) is 3.06. The van der Waals surface area contributed by atoms with Crippen LogP contribution in [0.25, 0.3) is 0 Å². The number of alkyl halides is 5. The molecule has 1 aromatic rings. The summed E-state index contributed by atoms with van der Waals surface area (Å²) in [6.07, 6.45) is -9.29. The quantitative estimate of drug-likeness (QED) is 0.686. The van der Waals surface area contributed by atoms with Gasteiger partial charge in [-0.05, 0) is 5.56 Å². The van der Waals surface area contributed by atoms with Gasteiger partial charge in [0.1, 0.15) is 5.15 Å². The van der Waals surface area contributed by atoms with Crippen molar-refractivity contribution in [3.8, 4) is 0 Å². The predicted molar refractivity (Wildman–Crippen MR) is 50.5 cm³/mol. The Morgan fingerprint density at radius 2 is 2.00 bits per heavy atom. The molecule has 0 aliphatic heterocycles. The van der Waals surface area contributed by atoms with E-state index in [0.29, 0.717) is 0 Å². The molecule has 0 aliphatic carbocycles. The molecule has 3 nitrogen and oxygen atoms in total. The molecule has 100 valence electrons. The van der Waals surface area contributed by atoms with Crippen LogP contribution in [0.15, 0.2) is 6.20 Å². The average molecular weight is 290 g/mol. The van der Waals surface area contributed by atoms with Gasteiger partial charge in [-0.25, -0.2) is 13.8 Å². The van der Waals surface area contributed by atoms with E-state index in [1.807, 2.05) is 0 Å². The van der Waals surface area contributed by atoms with Crippen LogP contribution in [0, 0.1) is 0 Å². The molecule has 0 aliphatic rings. The number of pyridine rings is 1. The molecule has 0 amide bonds. The molecule has 0 radical (unpaired) electrons. The zero-order chi connectivity index (χ0) is 14.1. The maximum absolute atomic E-state index is 12.6. The fourth-order valence-electron chi connectivity index (χ4n) is 1.35. The molecule has 1 aromatic heterocycles. The fraction of sp³-hybridized carbons (Fsp3) is 0.333. The third-order valence-corrected chi connectivity index (χ3v) is 2.33. The fourth-order valence-corrected chi connectivity index (χ4v) is 1.59. The number of aliphatic carboxylic acids is 1. The van der Waals surface area contributed by atoms with Gasteiger partial charge in [0.05, 0.1) is 17.5 Å². The van der Waals surface area contributed by atoms with Crippen LogP contribution >= 0.6 is 11.6 Å². The minimum Gasteiger partial charge on any atom is -0.481 e. The molecule has 0 spiro atoms. The normalized spacial score (nSPS) is 11.9. The molecule has 0 fully saturated rings. The highest BCUT2D eigenvalue weighted by Crippen LogP contribution is 2.38. The number of carboxylic acids is 1. The molecular formula is C9H5ClF5NO2. The second kappa shape index (κ2) is 5.05. The molecule has 18 heavy (non-hydrogen) atoms. The minimum absolute atomic E-state index is 0.243. The second-order valence-corrected chi connectivity index (χ2v) is 3.58. The Bertz CT molecular complexity index is 475. The molecule has 1 N–H and O–H groups in total. The zero-order valence-corrected chi connectivity index (χ0v) is 9.19. The maximum Gasteiger partial charge on any atom is 0.418 e. The summed E-state index contributed by atoms with van der Waals surface area (Å²) in [4.78, 5) is 13.5. The highest BCUT2D eigenvalue weighted by molar-refractivity contribution is 6.30. The van der Waals surface area contributed by atoms with Gasteiger partial charge in [0.25, 0.3) is 6.43 Å². The number of carbonyl (C=O) groups is 1. The number of carboxylic acid groups (broad SMARTS) is 1. The van der Waals surface area contributed by atoms with Crippen LogP contribution in [-0.4, -0.2) is 16.1 Å². The monoisotopic (exact) mass is 289 g/mol. The van der Waals surface area contributed by atoms with Crippen molar-refractivity contribution in [1.82, 2.24) is 4.98 Å². The van der Waals surface area contributed by atoms with Crippen molar-refractivity contribution < 1.29 is 31.9 Å². The number of nitrogens with zero attached hydrogens (tertiary/aromatic N) is 1. The number of halogens is 6. The van der Waals surface area contributed by atoms with Crippen LogP contribution in [0.1, 0.15) is 23.1 Å². The highest BCUT2D eigenvalue weighted by atomic mass is 35.5. The number of hydrogen-bond donors (Lipinski definition) is 1. The second-order valence-electron chi connectivity index (χ2n) is 3.22. The molecule has 0 aromatic carbocycles. The van der Waals surface area contributed by atoms with Gasteiger partial charge in [-0.1, -0.05) is 11.6 Å². The number of hydrogen-bond acceptors (Lipinski definition) is 2. The van der Waals surface area contributed by atoms with Gasteiger partial charge in [-0.2, -0.15) is 13.2 Å². The zero-order valence-electron chi connectivity index (χ0n) is 8.43. The lowest BCUT2D eigenvalue weighted by atomic mass is 10.0. The van der Waals surface area contributed by atoms with Gasteiger partial charge in [0.15, 0.2) is 0 Å². The highest BCUT2D eigenvalue weighted by Gasteiger charge is 2.37. The van der Waals surface area contributed by atoms with E-state index in [1.165, 1.54) is 0 Å². The maximum atomic E-state index is 12.6. The van der Waals surface area contributed by atoms with Crippen molar-refractivity contribution >= 4 is 17.6 Å². The van der Waals surface area contributed by atoms with Crippen molar-refractivity contribution in [3.05, 3.63) is 28.0 Å². The summed E-state index contributed by atoms with van der Waals surface area (Å²) in [6, 6.07) is 0. The van der Waals surface area contributed by atoms with E-state index in [-0.39, 0.29) is 6.20 Å². The molecule has 0 bridgehead atoms. The SMILES string of the molecule is O=C(O)Cc1c(C(F)(F)F)cnc(Cl)c1C(F)F. The Morgan fingerprint density at radius 1 is 1.44 bits per heavy atom. The van der Waals surface area contributed by atoms with E-state index in [2.05, 4.69) is 4.98 Å². The van der Waals surface area contributed by atoms with Gasteiger partial charge in [0.2, 0.25) is 0 Å². The lowest BCUT2D eigenvalue weighted by Crippen LogP contribution is -2.16. The van der Waals surface area contributed by atoms with E-state index in [1.54, 1.807) is 0 Å². The van der Waals surface area contributed by atoms with Gasteiger partial charge < -0.3 is 5.11 Å². The smallest absolute Gasteiger partial charge is 0.418 e. The lowest BCUT2D eigenvalue weighted by Gasteiger charge is -2.15. The molecule has 0 saturated heterocycles. The number of rotatable bonds is 3. The standard InChI is InChI=1S/C9H5ClF5NO2/c10-7-6(8(11)12)3(1-5(17)18)4(2-16-7)9(13,14)15/h2,8H,1H2,(H,17,18). The molecule has 0 saturated carbocycles. The van der Waals surface area contributed by atoms with Crippen molar-refractivity contribution in [1.29, 1.82) is 0 Å². The van der Waals surface area contributed by atoms with E-state index in [9.17, 15) is 26.7 Å². The summed E-state index contributed by atoms with van der Waals surface area (Å²) in [5.74, 6) is -1.68. The summed E-state index contributed by atoms with van der Waals surface area (Å²) >= 11 is 5.28. The Morgan fingerprint density at radius 3 is 2.39 bits per heavy atom. The summed E-state index contributed by atoms with van der Waals surface area (Å²) in [7, 11) is 0. The van der Waals surface area contributed by atoms with Gasteiger partial charge in [-0.15, -0.1) is 0 Å². The van der Waals surface area contributed by atoms with Crippen LogP contribution in [-0.2, 0) is 17.4 Å². The van der Waals surface area contributed by atoms with Crippen molar-refractivity contribution in [2.75, 3.05) is 0 Å². The predicted octanol–water partition coefficient (Wildman–Crippen LogP) is 3.32. The molecule has 0 unspecified atom stereocenters. The number of aromatic nitrogens is 1. The van der Waals surface area contributed by atoms with E-state index in [0.717, 1.165) is 0 Å². The Labute approximate surface area is 102 Å². The summed E-state index contributed by atoms with van der Waals surface area (Å²) in [5, 5.41) is 7.64. The largest absolute Gasteiger partial charge is 0.481 e.